The molecule has 1 aliphatic heterocycles. The summed E-state index contributed by atoms with van der Waals surface area (Å²) in [6.07, 6.45) is 1.57. The van der Waals surface area contributed by atoms with Gasteiger partial charge in [-0.25, -0.2) is 0 Å². The van der Waals surface area contributed by atoms with Crippen LogP contribution in [0.5, 0.6) is 0 Å². The Hall–Kier alpha value is -2.54. The third-order valence-corrected chi connectivity index (χ3v) is 8.58. The van der Waals surface area contributed by atoms with E-state index in [1.165, 1.54) is 4.88 Å². The van der Waals surface area contributed by atoms with Crippen LogP contribution in [0.25, 0.3) is 11.6 Å². The number of ether oxygens (including phenoxy) is 1. The van der Waals surface area contributed by atoms with E-state index in [-0.39, 0.29) is 18.1 Å². The number of carbonyl (C=O) groups excluding carboxylic acids is 2. The minimum absolute atomic E-state index is 0.285. The molecule has 0 fully saturated rings. The van der Waals surface area contributed by atoms with Crippen molar-refractivity contribution in [1.29, 1.82) is 0 Å². The number of allylic oxidation sites excluding steroid dienone is 1. The maximum Gasteiger partial charge on any atom is 0.309 e. The van der Waals surface area contributed by atoms with Crippen molar-refractivity contribution in [1.82, 2.24) is 0 Å². The number of aliphatic hydroxyl groups excluding tert-OH is 2. The summed E-state index contributed by atoms with van der Waals surface area (Å²) in [4.78, 5) is 27.6. The van der Waals surface area contributed by atoms with Gasteiger partial charge in [0, 0.05) is 23.1 Å². The topological polar surface area (TPSA) is 83.8 Å². The van der Waals surface area contributed by atoms with Crippen LogP contribution in [0.15, 0.2) is 47.4 Å². The van der Waals surface area contributed by atoms with Crippen molar-refractivity contribution in [2.45, 2.75) is 85.5 Å². The minimum Gasteiger partial charge on any atom is -0.457 e. The molecule has 0 spiro atoms. The summed E-state index contributed by atoms with van der Waals surface area (Å²) in [5.74, 6) is -1.86. The van der Waals surface area contributed by atoms with E-state index in [0.717, 1.165) is 27.8 Å². The van der Waals surface area contributed by atoms with Crippen LogP contribution in [-0.2, 0) is 14.3 Å². The smallest absolute Gasteiger partial charge is 0.309 e. The number of aryl methyl sites for hydroxylation is 1. The van der Waals surface area contributed by atoms with Gasteiger partial charge in [0.15, 0.2) is 0 Å². The molecule has 0 unspecified atom stereocenters. The molecule has 2 bridgehead atoms. The molecule has 3 rings (SSSR count). The Morgan fingerprint density at radius 3 is 2.46 bits per heavy atom. The molecular formula is C31H40O5S. The summed E-state index contributed by atoms with van der Waals surface area (Å²) in [7, 11) is 0. The van der Waals surface area contributed by atoms with E-state index in [2.05, 4.69) is 24.4 Å². The number of carbonyl (C=O) groups is 2. The van der Waals surface area contributed by atoms with E-state index in [0.29, 0.717) is 6.42 Å². The predicted molar refractivity (Wildman–Crippen MR) is 150 cm³/mol. The number of hydrogen-bond acceptors (Lipinski definition) is 6. The summed E-state index contributed by atoms with van der Waals surface area (Å²) >= 11 is 1.66. The van der Waals surface area contributed by atoms with Crippen molar-refractivity contribution in [3.8, 4) is 0 Å². The number of hydrogen-bond donors (Lipinski definition) is 2. The minimum atomic E-state index is -1.24. The highest BCUT2D eigenvalue weighted by molar-refractivity contribution is 7.10. The van der Waals surface area contributed by atoms with Crippen LogP contribution >= 0.6 is 11.3 Å². The number of ketones is 1. The van der Waals surface area contributed by atoms with Crippen molar-refractivity contribution < 1.29 is 24.5 Å². The van der Waals surface area contributed by atoms with Crippen LogP contribution < -0.4 is 0 Å². The molecule has 37 heavy (non-hydrogen) atoms. The number of thiophene rings is 1. The van der Waals surface area contributed by atoms with Crippen LogP contribution in [0.3, 0.4) is 0 Å². The lowest BCUT2D eigenvalue weighted by Crippen LogP contribution is -2.45. The normalized spacial score (nSPS) is 29.4. The van der Waals surface area contributed by atoms with Gasteiger partial charge >= 0.3 is 5.97 Å². The molecule has 0 amide bonds. The molecule has 5 atom stereocenters. The highest BCUT2D eigenvalue weighted by Gasteiger charge is 2.42. The van der Waals surface area contributed by atoms with Crippen molar-refractivity contribution in [2.75, 3.05) is 0 Å². The predicted octanol–water partition coefficient (Wildman–Crippen LogP) is 6.33. The number of benzene rings is 1. The number of cyclic esters (lactones) is 1. The second kappa shape index (κ2) is 11.9. The van der Waals surface area contributed by atoms with Gasteiger partial charge in [0.2, 0.25) is 0 Å². The Morgan fingerprint density at radius 2 is 1.81 bits per heavy atom. The summed E-state index contributed by atoms with van der Waals surface area (Å²) in [6.45, 7) is 12.9. The Balaban J connectivity index is 2.04. The second-order valence-electron chi connectivity index (χ2n) is 11.0. The molecule has 2 heterocycles. The molecule has 0 radical (unpaired) electrons. The number of rotatable bonds is 2. The molecule has 1 aliphatic rings. The highest BCUT2D eigenvalue weighted by Crippen LogP contribution is 2.34. The van der Waals surface area contributed by atoms with E-state index in [1.807, 2.05) is 51.1 Å². The van der Waals surface area contributed by atoms with Crippen LogP contribution in [0.1, 0.15) is 81.9 Å². The monoisotopic (exact) mass is 524 g/mol. The van der Waals surface area contributed by atoms with Crippen LogP contribution in [0, 0.1) is 18.3 Å². The fourth-order valence-corrected chi connectivity index (χ4v) is 5.51. The molecule has 1 aromatic heterocycles. The average molecular weight is 525 g/mol. The lowest BCUT2D eigenvalue weighted by molar-refractivity contribution is -0.153. The average Bonchev–Trinajstić information content (AvgIpc) is 3.27. The van der Waals surface area contributed by atoms with E-state index >= 15 is 0 Å². The van der Waals surface area contributed by atoms with Crippen LogP contribution in [-0.4, -0.2) is 40.3 Å². The van der Waals surface area contributed by atoms with Crippen LogP contribution in [0.2, 0.25) is 0 Å². The van der Waals surface area contributed by atoms with Crippen molar-refractivity contribution in [3.05, 3.63) is 68.9 Å². The molecule has 2 N–H and O–H groups in total. The SMILES string of the molecule is C/C1=C\C[C@@H](/C(C)=C/c2csc(C)c2)OC(=O)C[C@H](O)C(C)(C)C(=O)[C@H](C)[C@@H](O)[C@@H](C)c2cccc1c2. The Kier molecular flexibility index (Phi) is 9.32. The van der Waals surface area contributed by atoms with E-state index in [4.69, 9.17) is 4.74 Å². The van der Waals surface area contributed by atoms with Gasteiger partial charge in [0.05, 0.1) is 24.0 Å². The first-order valence-electron chi connectivity index (χ1n) is 12.9. The van der Waals surface area contributed by atoms with Gasteiger partial charge in [0.25, 0.3) is 0 Å². The van der Waals surface area contributed by atoms with Gasteiger partial charge < -0.3 is 14.9 Å². The maximum absolute atomic E-state index is 13.4. The fraction of sp³-hybridized carbons (Fsp3) is 0.484. The zero-order valence-corrected chi connectivity index (χ0v) is 23.8. The van der Waals surface area contributed by atoms with E-state index in [9.17, 15) is 19.8 Å². The quantitative estimate of drug-likeness (QED) is 0.449. The molecule has 5 nitrogen and oxygen atoms in total. The summed E-state index contributed by atoms with van der Waals surface area (Å²) in [5.41, 5.74) is 3.71. The van der Waals surface area contributed by atoms with Crippen molar-refractivity contribution in [3.63, 3.8) is 0 Å². The van der Waals surface area contributed by atoms with Gasteiger partial charge in [0.1, 0.15) is 11.9 Å². The molecule has 200 valence electrons. The molecule has 0 aliphatic carbocycles. The first kappa shape index (κ1) is 29.0. The molecular weight excluding hydrogens is 484 g/mol. The largest absolute Gasteiger partial charge is 0.457 e. The van der Waals surface area contributed by atoms with Gasteiger partial charge in [-0.1, -0.05) is 64.1 Å². The molecule has 0 saturated heterocycles. The van der Waals surface area contributed by atoms with Crippen LogP contribution in [0.4, 0.5) is 0 Å². The zero-order valence-electron chi connectivity index (χ0n) is 22.9. The number of aliphatic hydroxyl groups is 2. The van der Waals surface area contributed by atoms with E-state index in [1.54, 1.807) is 32.1 Å². The standard InChI is InChI=1S/C31H40O5S/c1-18-11-12-26(19(2)13-23-14-20(3)37-17-23)36-28(33)16-27(32)31(6,7)30(35)22(5)29(34)21(4)25-10-8-9-24(18)15-25/h8-11,13-15,17,21-22,26-27,29,32,34H,12,16H2,1-7H3/b18-11+,19-13+/t21-,22+,26-,27-,29-/m0/s1. The summed E-state index contributed by atoms with van der Waals surface area (Å²) < 4.78 is 5.89. The lowest BCUT2D eigenvalue weighted by atomic mass is 9.72. The third-order valence-electron chi connectivity index (χ3n) is 7.70. The molecule has 1 aromatic carbocycles. The lowest BCUT2D eigenvalue weighted by Gasteiger charge is -2.34. The second-order valence-corrected chi connectivity index (χ2v) is 12.1. The zero-order chi connectivity index (χ0) is 27.5. The Labute approximate surface area is 224 Å². The fourth-order valence-electron chi connectivity index (χ4n) is 4.85. The Morgan fingerprint density at radius 1 is 1.11 bits per heavy atom. The molecule has 2 aromatic rings. The van der Waals surface area contributed by atoms with Gasteiger partial charge in [-0.05, 0) is 60.1 Å². The number of esters is 1. The third kappa shape index (κ3) is 6.86. The first-order valence-corrected chi connectivity index (χ1v) is 13.8. The molecule has 0 saturated carbocycles. The maximum atomic E-state index is 13.4. The Bertz CT molecular complexity index is 1190. The summed E-state index contributed by atoms with van der Waals surface area (Å²) in [5, 5.41) is 24.1. The van der Waals surface area contributed by atoms with Gasteiger partial charge in [-0.15, -0.1) is 11.3 Å². The first-order chi connectivity index (χ1) is 17.3. The summed E-state index contributed by atoms with van der Waals surface area (Å²) in [6, 6.07) is 10.1. The van der Waals surface area contributed by atoms with E-state index < -0.39 is 35.6 Å². The number of fused-ring (bicyclic) bond motifs is 2. The van der Waals surface area contributed by atoms with Gasteiger partial charge in [-0.3, -0.25) is 9.59 Å². The number of Topliss-reactive ketones (excluding diaryl/α,β-unsaturated/α-hetero) is 1. The van der Waals surface area contributed by atoms with Crippen molar-refractivity contribution >= 4 is 34.7 Å². The highest BCUT2D eigenvalue weighted by atomic mass is 32.1. The van der Waals surface area contributed by atoms with Crippen molar-refractivity contribution in [2.24, 2.45) is 11.3 Å². The van der Waals surface area contributed by atoms with Gasteiger partial charge in [-0.2, -0.15) is 0 Å². The molecule has 6 heteroatoms.